The van der Waals surface area contributed by atoms with Gasteiger partial charge in [0, 0.05) is 24.8 Å². The van der Waals surface area contributed by atoms with Gasteiger partial charge in [0.15, 0.2) is 0 Å². The van der Waals surface area contributed by atoms with Crippen molar-refractivity contribution in [1.29, 1.82) is 0 Å². The molecule has 1 aliphatic rings. The Morgan fingerprint density at radius 3 is 2.46 bits per heavy atom. The van der Waals surface area contributed by atoms with Gasteiger partial charge < -0.3 is 10.2 Å². The van der Waals surface area contributed by atoms with Crippen LogP contribution < -0.4 is 5.32 Å². The van der Waals surface area contributed by atoms with Gasteiger partial charge in [0.1, 0.15) is 5.82 Å². The van der Waals surface area contributed by atoms with Crippen molar-refractivity contribution >= 4 is 11.7 Å². The standard InChI is InChI=1S/C22H29N3O/c1-17(2)25(16-18-9-5-3-6-10-18)22(26)19-13-14-21(23-15-19)24-20-11-7-4-8-12-20/h3,5-6,9-10,13-15,17,20H,4,7-8,11-12,16H2,1-2H3,(H,23,24). The number of hydrogen-bond donors (Lipinski definition) is 1. The number of nitrogens with one attached hydrogen (secondary N) is 1. The molecule has 4 nitrogen and oxygen atoms in total. The van der Waals surface area contributed by atoms with Crippen molar-refractivity contribution in [1.82, 2.24) is 9.88 Å². The quantitative estimate of drug-likeness (QED) is 0.807. The Bertz CT molecular complexity index is 691. The smallest absolute Gasteiger partial charge is 0.255 e. The molecule has 0 aliphatic heterocycles. The largest absolute Gasteiger partial charge is 0.367 e. The molecular formula is C22H29N3O. The van der Waals surface area contributed by atoms with E-state index in [1.54, 1.807) is 6.20 Å². The van der Waals surface area contributed by atoms with E-state index in [-0.39, 0.29) is 11.9 Å². The summed E-state index contributed by atoms with van der Waals surface area (Å²) in [5.41, 5.74) is 1.78. The lowest BCUT2D eigenvalue weighted by Gasteiger charge is -2.27. The molecule has 0 unspecified atom stereocenters. The first-order valence-corrected chi connectivity index (χ1v) is 9.71. The van der Waals surface area contributed by atoms with Gasteiger partial charge in [-0.05, 0) is 44.4 Å². The van der Waals surface area contributed by atoms with Crippen LogP contribution in [0.2, 0.25) is 0 Å². The van der Waals surface area contributed by atoms with Crippen molar-refractivity contribution in [2.24, 2.45) is 0 Å². The van der Waals surface area contributed by atoms with Crippen LogP contribution in [0.25, 0.3) is 0 Å². The lowest BCUT2D eigenvalue weighted by molar-refractivity contribution is 0.0690. The first kappa shape index (κ1) is 18.4. The topological polar surface area (TPSA) is 45.2 Å². The average molecular weight is 351 g/mol. The van der Waals surface area contributed by atoms with Crippen molar-refractivity contribution in [3.8, 4) is 0 Å². The maximum absolute atomic E-state index is 13.0. The fourth-order valence-corrected chi connectivity index (χ4v) is 3.50. The Balaban J connectivity index is 1.66. The summed E-state index contributed by atoms with van der Waals surface area (Å²) in [6.07, 6.45) is 8.04. The fraction of sp³-hybridized carbons (Fsp3) is 0.455. The molecule has 2 aromatic rings. The van der Waals surface area contributed by atoms with E-state index in [2.05, 4.69) is 22.4 Å². The molecule has 1 aromatic carbocycles. The summed E-state index contributed by atoms with van der Waals surface area (Å²) in [5, 5.41) is 3.50. The molecule has 0 bridgehead atoms. The Kier molecular flexibility index (Phi) is 6.26. The van der Waals surface area contributed by atoms with E-state index in [0.29, 0.717) is 18.2 Å². The van der Waals surface area contributed by atoms with Crippen molar-refractivity contribution in [3.05, 3.63) is 59.8 Å². The maximum atomic E-state index is 13.0. The molecule has 1 aromatic heterocycles. The summed E-state index contributed by atoms with van der Waals surface area (Å²) in [5.74, 6) is 0.896. The zero-order chi connectivity index (χ0) is 18.4. The molecule has 1 heterocycles. The first-order valence-electron chi connectivity index (χ1n) is 9.71. The summed E-state index contributed by atoms with van der Waals surface area (Å²) < 4.78 is 0. The van der Waals surface area contributed by atoms with Crippen molar-refractivity contribution in [2.75, 3.05) is 5.32 Å². The lowest BCUT2D eigenvalue weighted by atomic mass is 9.95. The molecule has 1 saturated carbocycles. The average Bonchev–Trinajstić information content (AvgIpc) is 2.67. The normalized spacial score (nSPS) is 15.0. The van der Waals surface area contributed by atoms with Gasteiger partial charge in [0.25, 0.3) is 5.91 Å². The first-order chi connectivity index (χ1) is 12.6. The van der Waals surface area contributed by atoms with Gasteiger partial charge in [-0.15, -0.1) is 0 Å². The van der Waals surface area contributed by atoms with Crippen molar-refractivity contribution in [3.63, 3.8) is 0 Å². The second kappa shape index (κ2) is 8.84. The van der Waals surface area contributed by atoms with E-state index in [0.717, 1.165) is 11.4 Å². The maximum Gasteiger partial charge on any atom is 0.255 e. The fourth-order valence-electron chi connectivity index (χ4n) is 3.50. The molecule has 3 rings (SSSR count). The molecule has 0 atom stereocenters. The number of benzene rings is 1. The Labute approximate surface area is 156 Å². The van der Waals surface area contributed by atoms with E-state index in [4.69, 9.17) is 0 Å². The van der Waals surface area contributed by atoms with Gasteiger partial charge in [-0.3, -0.25) is 4.79 Å². The van der Waals surface area contributed by atoms with Crippen LogP contribution in [0.3, 0.4) is 0 Å². The van der Waals surface area contributed by atoms with Gasteiger partial charge >= 0.3 is 0 Å². The Hall–Kier alpha value is -2.36. The molecule has 0 spiro atoms. The van der Waals surface area contributed by atoms with Crippen LogP contribution in [0.5, 0.6) is 0 Å². The van der Waals surface area contributed by atoms with Crippen LogP contribution in [0.15, 0.2) is 48.7 Å². The molecule has 1 fully saturated rings. The molecule has 1 N–H and O–H groups in total. The molecule has 26 heavy (non-hydrogen) atoms. The third-order valence-corrected chi connectivity index (χ3v) is 5.05. The van der Waals surface area contributed by atoms with Crippen LogP contribution in [0.1, 0.15) is 61.9 Å². The molecule has 138 valence electrons. The second-order valence-electron chi connectivity index (χ2n) is 7.42. The number of aromatic nitrogens is 1. The van der Waals surface area contributed by atoms with E-state index >= 15 is 0 Å². The van der Waals surface area contributed by atoms with Crippen LogP contribution in [-0.4, -0.2) is 27.9 Å². The Morgan fingerprint density at radius 2 is 1.85 bits per heavy atom. The number of carbonyl (C=O) groups is 1. The SMILES string of the molecule is CC(C)N(Cc1ccccc1)C(=O)c1ccc(NC2CCCCC2)nc1. The van der Waals surface area contributed by atoms with Crippen molar-refractivity contribution < 1.29 is 4.79 Å². The summed E-state index contributed by atoms with van der Waals surface area (Å²) >= 11 is 0. The molecule has 4 heteroatoms. The highest BCUT2D eigenvalue weighted by molar-refractivity contribution is 5.94. The van der Waals surface area contributed by atoms with Crippen LogP contribution >= 0.6 is 0 Å². The van der Waals surface area contributed by atoms with Gasteiger partial charge in [-0.1, -0.05) is 49.6 Å². The number of nitrogens with zero attached hydrogens (tertiary/aromatic N) is 2. The zero-order valence-corrected chi connectivity index (χ0v) is 15.8. The number of hydrogen-bond acceptors (Lipinski definition) is 3. The van der Waals surface area contributed by atoms with E-state index in [1.165, 1.54) is 32.1 Å². The molecule has 0 saturated heterocycles. The van der Waals surface area contributed by atoms with Crippen molar-refractivity contribution in [2.45, 2.75) is 64.6 Å². The minimum atomic E-state index is 0.0283. The van der Waals surface area contributed by atoms with Gasteiger partial charge in [0.2, 0.25) is 0 Å². The summed E-state index contributed by atoms with van der Waals surface area (Å²) in [4.78, 5) is 19.3. The highest BCUT2D eigenvalue weighted by atomic mass is 16.2. The molecule has 1 amide bonds. The molecule has 0 radical (unpaired) electrons. The molecular weight excluding hydrogens is 322 g/mol. The zero-order valence-electron chi connectivity index (χ0n) is 15.8. The number of carbonyl (C=O) groups excluding carboxylic acids is 1. The highest BCUT2D eigenvalue weighted by Crippen LogP contribution is 2.21. The highest BCUT2D eigenvalue weighted by Gasteiger charge is 2.20. The van der Waals surface area contributed by atoms with Crippen LogP contribution in [0.4, 0.5) is 5.82 Å². The van der Waals surface area contributed by atoms with E-state index < -0.39 is 0 Å². The number of rotatable bonds is 6. The molecule has 1 aliphatic carbocycles. The van der Waals surface area contributed by atoms with Crippen LogP contribution in [0, 0.1) is 0 Å². The lowest BCUT2D eigenvalue weighted by Crippen LogP contribution is -2.36. The third kappa shape index (κ3) is 4.84. The van der Waals surface area contributed by atoms with E-state index in [1.807, 2.05) is 49.1 Å². The van der Waals surface area contributed by atoms with Gasteiger partial charge in [-0.25, -0.2) is 4.98 Å². The second-order valence-corrected chi connectivity index (χ2v) is 7.42. The van der Waals surface area contributed by atoms with E-state index in [9.17, 15) is 4.79 Å². The number of amides is 1. The minimum absolute atomic E-state index is 0.0283. The monoisotopic (exact) mass is 351 g/mol. The minimum Gasteiger partial charge on any atom is -0.367 e. The number of pyridine rings is 1. The summed E-state index contributed by atoms with van der Waals surface area (Å²) in [6.45, 7) is 4.71. The predicted octanol–water partition coefficient (Wildman–Crippen LogP) is 4.88. The van der Waals surface area contributed by atoms with Gasteiger partial charge in [-0.2, -0.15) is 0 Å². The number of anilines is 1. The Morgan fingerprint density at radius 1 is 1.12 bits per heavy atom. The van der Waals surface area contributed by atoms with Crippen LogP contribution in [-0.2, 0) is 6.54 Å². The summed E-state index contributed by atoms with van der Waals surface area (Å²) in [6, 6.07) is 14.6. The van der Waals surface area contributed by atoms with Gasteiger partial charge in [0.05, 0.1) is 5.56 Å². The third-order valence-electron chi connectivity index (χ3n) is 5.05. The summed E-state index contributed by atoms with van der Waals surface area (Å²) in [7, 11) is 0. The predicted molar refractivity (Wildman–Crippen MR) is 106 cm³/mol.